The highest BCUT2D eigenvalue weighted by Crippen LogP contribution is 2.31. The standard InChI is InChI=1S/C21H30Cl2N4O3S/c1-5-30-10-9-27(29-4)8-7-24-19(28)6-11-31-21-20(14(2)3)25-17-12-15(22)16(23)13-18(17)26-21/h12-14H,5-11H2,1-4H3,(H,24,28). The maximum atomic E-state index is 12.2. The highest BCUT2D eigenvalue weighted by Gasteiger charge is 2.15. The van der Waals surface area contributed by atoms with Crippen LogP contribution in [0.5, 0.6) is 0 Å². The molecule has 0 bridgehead atoms. The van der Waals surface area contributed by atoms with Crippen molar-refractivity contribution in [2.45, 2.75) is 38.1 Å². The lowest BCUT2D eigenvalue weighted by molar-refractivity contribution is -0.140. The van der Waals surface area contributed by atoms with Gasteiger partial charge in [-0.15, -0.1) is 11.8 Å². The van der Waals surface area contributed by atoms with Gasteiger partial charge in [-0.05, 0) is 25.0 Å². The number of ether oxygens (including phenoxy) is 1. The van der Waals surface area contributed by atoms with Crippen LogP contribution in [-0.4, -0.2) is 66.6 Å². The van der Waals surface area contributed by atoms with Gasteiger partial charge < -0.3 is 14.9 Å². The molecule has 0 saturated carbocycles. The third-order valence-electron chi connectivity index (χ3n) is 4.44. The van der Waals surface area contributed by atoms with Crippen LogP contribution in [0.25, 0.3) is 11.0 Å². The van der Waals surface area contributed by atoms with Gasteiger partial charge in [-0.3, -0.25) is 4.79 Å². The Morgan fingerprint density at radius 1 is 1.19 bits per heavy atom. The van der Waals surface area contributed by atoms with E-state index < -0.39 is 0 Å². The molecule has 1 aromatic carbocycles. The monoisotopic (exact) mass is 488 g/mol. The molecule has 0 aliphatic carbocycles. The number of thioether (sulfide) groups is 1. The fourth-order valence-electron chi connectivity index (χ4n) is 2.79. The molecule has 0 aliphatic heterocycles. The van der Waals surface area contributed by atoms with Crippen LogP contribution >= 0.6 is 35.0 Å². The van der Waals surface area contributed by atoms with Crippen LogP contribution in [0.2, 0.25) is 10.0 Å². The molecule has 0 atom stereocenters. The Labute approximate surface area is 198 Å². The molecule has 2 aromatic rings. The topological polar surface area (TPSA) is 76.6 Å². The molecule has 1 N–H and O–H groups in total. The van der Waals surface area contributed by atoms with Gasteiger partial charge in [0.25, 0.3) is 0 Å². The van der Waals surface area contributed by atoms with Crippen molar-refractivity contribution in [1.82, 2.24) is 20.3 Å². The Bertz CT molecular complexity index is 870. The van der Waals surface area contributed by atoms with Crippen LogP contribution in [0.3, 0.4) is 0 Å². The number of hydrogen-bond donors (Lipinski definition) is 1. The van der Waals surface area contributed by atoms with Crippen molar-refractivity contribution in [3.05, 3.63) is 27.9 Å². The Kier molecular flexibility index (Phi) is 11.3. The number of nitrogens with zero attached hydrogens (tertiary/aromatic N) is 3. The summed E-state index contributed by atoms with van der Waals surface area (Å²) in [6.45, 7) is 9.12. The van der Waals surface area contributed by atoms with Crippen LogP contribution in [0.4, 0.5) is 0 Å². The van der Waals surface area contributed by atoms with Crippen molar-refractivity contribution in [2.24, 2.45) is 0 Å². The number of carbonyl (C=O) groups is 1. The zero-order valence-corrected chi connectivity index (χ0v) is 20.7. The lowest BCUT2D eigenvalue weighted by Gasteiger charge is -2.19. The number of aromatic nitrogens is 2. The van der Waals surface area contributed by atoms with Crippen molar-refractivity contribution in [3.8, 4) is 0 Å². The zero-order chi connectivity index (χ0) is 22.8. The minimum absolute atomic E-state index is 0.0111. The molecule has 2 rings (SSSR count). The van der Waals surface area contributed by atoms with Gasteiger partial charge in [0.2, 0.25) is 5.91 Å². The van der Waals surface area contributed by atoms with E-state index in [0.717, 1.165) is 10.7 Å². The summed E-state index contributed by atoms with van der Waals surface area (Å²) in [6, 6.07) is 3.46. The molecule has 0 radical (unpaired) electrons. The molecule has 0 unspecified atom stereocenters. The summed E-state index contributed by atoms with van der Waals surface area (Å²) in [5.41, 5.74) is 2.30. The minimum atomic E-state index is -0.0111. The number of fused-ring (bicyclic) bond motifs is 1. The summed E-state index contributed by atoms with van der Waals surface area (Å²) in [7, 11) is 1.61. The van der Waals surface area contributed by atoms with Gasteiger partial charge in [-0.25, -0.2) is 9.97 Å². The van der Waals surface area contributed by atoms with Crippen LogP contribution in [-0.2, 0) is 14.4 Å². The van der Waals surface area contributed by atoms with Crippen LogP contribution < -0.4 is 5.32 Å². The second-order valence-electron chi connectivity index (χ2n) is 7.08. The van der Waals surface area contributed by atoms with Crippen molar-refractivity contribution < 1.29 is 14.4 Å². The first-order chi connectivity index (χ1) is 14.8. The summed E-state index contributed by atoms with van der Waals surface area (Å²) in [4.78, 5) is 26.9. The summed E-state index contributed by atoms with van der Waals surface area (Å²) in [6.07, 6.45) is 0.384. The number of amides is 1. The van der Waals surface area contributed by atoms with E-state index in [4.69, 9.17) is 42.7 Å². The van der Waals surface area contributed by atoms with Crippen molar-refractivity contribution >= 4 is 51.9 Å². The van der Waals surface area contributed by atoms with Crippen molar-refractivity contribution in [2.75, 3.05) is 45.7 Å². The molecular weight excluding hydrogens is 459 g/mol. The fraction of sp³-hybridized carbons (Fsp3) is 0.571. The molecule has 0 spiro atoms. The normalized spacial score (nSPS) is 11.6. The van der Waals surface area contributed by atoms with Gasteiger partial charge in [-0.1, -0.05) is 37.0 Å². The SMILES string of the molecule is CCOCCN(CCNC(=O)CCSc1nc2cc(Cl)c(Cl)cc2nc1C(C)C)OC. The van der Waals surface area contributed by atoms with E-state index in [-0.39, 0.29) is 11.8 Å². The second kappa shape index (κ2) is 13.4. The third kappa shape index (κ3) is 8.36. The molecule has 172 valence electrons. The molecule has 31 heavy (non-hydrogen) atoms. The van der Waals surface area contributed by atoms with Gasteiger partial charge in [-0.2, -0.15) is 5.06 Å². The van der Waals surface area contributed by atoms with E-state index in [0.29, 0.717) is 66.1 Å². The van der Waals surface area contributed by atoms with Crippen LogP contribution in [0.15, 0.2) is 17.2 Å². The Morgan fingerprint density at radius 2 is 1.87 bits per heavy atom. The highest BCUT2D eigenvalue weighted by atomic mass is 35.5. The quantitative estimate of drug-likeness (QED) is 0.251. The Hall–Kier alpha value is -1.16. The Morgan fingerprint density at radius 3 is 2.48 bits per heavy atom. The van der Waals surface area contributed by atoms with E-state index in [9.17, 15) is 4.79 Å². The first kappa shape index (κ1) is 26.1. The predicted molar refractivity (Wildman–Crippen MR) is 127 cm³/mol. The second-order valence-corrected chi connectivity index (χ2v) is 8.98. The number of rotatable bonds is 13. The van der Waals surface area contributed by atoms with E-state index in [1.54, 1.807) is 24.3 Å². The van der Waals surface area contributed by atoms with Crippen molar-refractivity contribution in [1.29, 1.82) is 0 Å². The largest absolute Gasteiger partial charge is 0.380 e. The number of halogens is 2. The molecule has 0 aliphatic rings. The first-order valence-corrected chi connectivity index (χ1v) is 12.0. The minimum Gasteiger partial charge on any atom is -0.380 e. The summed E-state index contributed by atoms with van der Waals surface area (Å²) in [5, 5.41) is 6.41. The van der Waals surface area contributed by atoms with E-state index in [1.165, 1.54) is 11.8 Å². The zero-order valence-electron chi connectivity index (χ0n) is 18.4. The number of carbonyl (C=O) groups excluding carboxylic acids is 1. The highest BCUT2D eigenvalue weighted by molar-refractivity contribution is 7.99. The molecule has 7 nitrogen and oxygen atoms in total. The van der Waals surface area contributed by atoms with Crippen LogP contribution in [0, 0.1) is 0 Å². The average molecular weight is 489 g/mol. The molecule has 0 fully saturated rings. The van der Waals surface area contributed by atoms with E-state index >= 15 is 0 Å². The predicted octanol–water partition coefficient (Wildman–Crippen LogP) is 4.56. The maximum Gasteiger partial charge on any atom is 0.220 e. The van der Waals surface area contributed by atoms with Gasteiger partial charge in [0.05, 0.1) is 40.5 Å². The summed E-state index contributed by atoms with van der Waals surface area (Å²) in [5.74, 6) is 0.785. The number of nitrogens with one attached hydrogen (secondary N) is 1. The number of hydroxylamine groups is 2. The third-order valence-corrected chi connectivity index (χ3v) is 6.15. The van der Waals surface area contributed by atoms with Crippen LogP contribution in [0.1, 0.15) is 38.8 Å². The van der Waals surface area contributed by atoms with E-state index in [2.05, 4.69) is 19.2 Å². The molecular formula is C21H30Cl2N4O3S. The summed E-state index contributed by atoms with van der Waals surface area (Å²) < 4.78 is 5.32. The molecule has 1 aromatic heterocycles. The van der Waals surface area contributed by atoms with Gasteiger partial charge in [0, 0.05) is 38.4 Å². The fourth-order valence-corrected chi connectivity index (χ4v) is 4.17. The van der Waals surface area contributed by atoms with Gasteiger partial charge in [0.15, 0.2) is 0 Å². The summed E-state index contributed by atoms with van der Waals surface area (Å²) >= 11 is 13.8. The maximum absolute atomic E-state index is 12.2. The van der Waals surface area contributed by atoms with Crippen molar-refractivity contribution in [3.63, 3.8) is 0 Å². The average Bonchev–Trinajstić information content (AvgIpc) is 2.73. The molecule has 1 amide bonds. The number of hydrogen-bond acceptors (Lipinski definition) is 7. The number of benzene rings is 1. The lowest BCUT2D eigenvalue weighted by Crippen LogP contribution is -2.36. The van der Waals surface area contributed by atoms with Gasteiger partial charge >= 0.3 is 0 Å². The molecule has 10 heteroatoms. The molecule has 0 saturated heterocycles. The Balaban J connectivity index is 1.87. The lowest BCUT2D eigenvalue weighted by atomic mass is 10.1. The smallest absolute Gasteiger partial charge is 0.220 e. The van der Waals surface area contributed by atoms with E-state index in [1.807, 2.05) is 6.92 Å². The molecule has 1 heterocycles. The van der Waals surface area contributed by atoms with Gasteiger partial charge in [0.1, 0.15) is 5.03 Å². The first-order valence-electron chi connectivity index (χ1n) is 10.3.